The number of nitrogens with one attached hydrogen (secondary N) is 1. The van der Waals surface area contributed by atoms with Gasteiger partial charge in [-0.25, -0.2) is 4.98 Å². The van der Waals surface area contributed by atoms with Gasteiger partial charge in [-0.1, -0.05) is 13.2 Å². The van der Waals surface area contributed by atoms with E-state index < -0.39 is 0 Å². The van der Waals surface area contributed by atoms with Crippen LogP contribution in [-0.2, 0) is 0 Å². The van der Waals surface area contributed by atoms with Crippen LogP contribution >= 0.6 is 0 Å². The first-order valence-corrected chi connectivity index (χ1v) is 4.59. The average molecular weight is 200 g/mol. The number of nitrogens with zero attached hydrogens (tertiary/aromatic N) is 1. The molecule has 76 valence electrons. The molecule has 0 radical (unpaired) electrons. The van der Waals surface area contributed by atoms with E-state index in [9.17, 15) is 0 Å². The van der Waals surface area contributed by atoms with Crippen molar-refractivity contribution in [2.45, 2.75) is 0 Å². The average Bonchev–Trinajstić information content (AvgIpc) is 2.59. The molecule has 0 amide bonds. The molecule has 1 aromatic carbocycles. The summed E-state index contributed by atoms with van der Waals surface area (Å²) in [6.07, 6.45) is 0. The number of ether oxygens (including phenoxy) is 1. The maximum atomic E-state index is 5.08. The summed E-state index contributed by atoms with van der Waals surface area (Å²) < 4.78 is 5.08. The number of hydrogen-bond acceptors (Lipinski definition) is 2. The molecule has 3 heteroatoms. The van der Waals surface area contributed by atoms with Crippen LogP contribution < -0.4 is 15.4 Å². The standard InChI is InChI=1S/C12H12N2O/c1-8-9(2)14-12(13-8)10-4-6-11(15-3)7-5-10/h4-7H,1-2H2,3H3,(H,13,14). The Morgan fingerprint density at radius 2 is 1.87 bits per heavy atom. The van der Waals surface area contributed by atoms with E-state index in [0.29, 0.717) is 5.35 Å². The van der Waals surface area contributed by atoms with E-state index >= 15 is 0 Å². The molecule has 0 fully saturated rings. The Labute approximate surface area is 87.7 Å². The van der Waals surface area contributed by atoms with Crippen LogP contribution in [0.3, 0.4) is 0 Å². The quantitative estimate of drug-likeness (QED) is 0.782. The van der Waals surface area contributed by atoms with Gasteiger partial charge in [0, 0.05) is 5.56 Å². The summed E-state index contributed by atoms with van der Waals surface area (Å²) in [4.78, 5) is 7.34. The highest BCUT2D eigenvalue weighted by Crippen LogP contribution is 2.17. The Bertz CT molecular complexity index is 527. The van der Waals surface area contributed by atoms with Crippen LogP contribution in [0.15, 0.2) is 24.3 Å². The summed E-state index contributed by atoms with van der Waals surface area (Å²) in [6.45, 7) is 7.57. The Hall–Kier alpha value is -2.03. The number of aromatic amines is 1. The largest absolute Gasteiger partial charge is 0.497 e. The zero-order valence-electron chi connectivity index (χ0n) is 8.58. The fraction of sp³-hybridized carbons (Fsp3) is 0.0833. The SMILES string of the molecule is C=c1nc(-c2ccc(OC)cc2)[nH]c1=C. The minimum absolute atomic E-state index is 0.681. The topological polar surface area (TPSA) is 37.9 Å². The molecule has 1 aromatic heterocycles. The monoisotopic (exact) mass is 200 g/mol. The minimum Gasteiger partial charge on any atom is -0.497 e. The smallest absolute Gasteiger partial charge is 0.138 e. The minimum atomic E-state index is 0.681. The Balaban J connectivity index is 2.45. The highest BCUT2D eigenvalue weighted by molar-refractivity contribution is 5.56. The van der Waals surface area contributed by atoms with Gasteiger partial charge in [-0.15, -0.1) is 0 Å². The maximum Gasteiger partial charge on any atom is 0.138 e. The Kier molecular flexibility index (Phi) is 2.29. The number of imidazole rings is 1. The molecule has 0 aliphatic heterocycles. The van der Waals surface area contributed by atoms with Gasteiger partial charge in [0.1, 0.15) is 11.6 Å². The van der Waals surface area contributed by atoms with Gasteiger partial charge in [-0.3, -0.25) is 0 Å². The van der Waals surface area contributed by atoms with Crippen molar-refractivity contribution in [2.24, 2.45) is 0 Å². The van der Waals surface area contributed by atoms with Crippen molar-refractivity contribution in [2.75, 3.05) is 7.11 Å². The van der Waals surface area contributed by atoms with Gasteiger partial charge < -0.3 is 9.72 Å². The van der Waals surface area contributed by atoms with E-state index in [1.807, 2.05) is 24.3 Å². The van der Waals surface area contributed by atoms with Crippen LogP contribution in [0.5, 0.6) is 5.75 Å². The second kappa shape index (κ2) is 3.61. The van der Waals surface area contributed by atoms with Gasteiger partial charge in [-0.2, -0.15) is 0 Å². The first kappa shape index (κ1) is 9.52. The first-order chi connectivity index (χ1) is 7.20. The van der Waals surface area contributed by atoms with E-state index in [1.165, 1.54) is 0 Å². The van der Waals surface area contributed by atoms with E-state index in [0.717, 1.165) is 22.5 Å². The summed E-state index contributed by atoms with van der Waals surface area (Å²) >= 11 is 0. The predicted molar refractivity (Wildman–Crippen MR) is 60.9 cm³/mol. The van der Waals surface area contributed by atoms with Crippen molar-refractivity contribution in [1.82, 2.24) is 9.97 Å². The molecule has 1 N–H and O–H groups in total. The highest BCUT2D eigenvalue weighted by atomic mass is 16.5. The normalized spacial score (nSPS) is 10.2. The van der Waals surface area contributed by atoms with Crippen LogP contribution in [-0.4, -0.2) is 17.1 Å². The summed E-state index contributed by atoms with van der Waals surface area (Å²) in [6, 6.07) is 7.67. The zero-order chi connectivity index (χ0) is 10.8. The van der Waals surface area contributed by atoms with Gasteiger partial charge in [0.2, 0.25) is 0 Å². The predicted octanol–water partition coefficient (Wildman–Crippen LogP) is 0.906. The number of methoxy groups -OCH3 is 1. The van der Waals surface area contributed by atoms with Crippen LogP contribution in [0.1, 0.15) is 0 Å². The first-order valence-electron chi connectivity index (χ1n) is 4.59. The van der Waals surface area contributed by atoms with Gasteiger partial charge in [-0.05, 0) is 24.3 Å². The zero-order valence-corrected chi connectivity index (χ0v) is 8.58. The highest BCUT2D eigenvalue weighted by Gasteiger charge is 2.00. The molecule has 0 saturated carbocycles. The summed E-state index contributed by atoms with van der Waals surface area (Å²) in [5.74, 6) is 1.61. The molecule has 0 aliphatic carbocycles. The number of hydrogen-bond donors (Lipinski definition) is 1. The van der Waals surface area contributed by atoms with E-state index in [4.69, 9.17) is 4.74 Å². The number of benzene rings is 1. The number of aromatic nitrogens is 2. The molecule has 0 saturated heterocycles. The Morgan fingerprint density at radius 1 is 1.20 bits per heavy atom. The molecule has 0 atom stereocenters. The van der Waals surface area contributed by atoms with Crippen molar-refractivity contribution in [3.63, 3.8) is 0 Å². The summed E-state index contributed by atoms with van der Waals surface area (Å²) in [5.41, 5.74) is 0.996. The van der Waals surface area contributed by atoms with Crippen molar-refractivity contribution < 1.29 is 4.74 Å². The lowest BCUT2D eigenvalue weighted by Crippen LogP contribution is -2.19. The summed E-state index contributed by atoms with van der Waals surface area (Å²) in [7, 11) is 1.64. The molecule has 3 nitrogen and oxygen atoms in total. The molecule has 0 spiro atoms. The second-order valence-corrected chi connectivity index (χ2v) is 3.24. The fourth-order valence-electron chi connectivity index (χ4n) is 1.33. The molecule has 0 bridgehead atoms. The molecule has 2 rings (SSSR count). The third-order valence-corrected chi connectivity index (χ3v) is 2.23. The van der Waals surface area contributed by atoms with E-state index in [1.54, 1.807) is 7.11 Å². The molecular weight excluding hydrogens is 188 g/mol. The van der Waals surface area contributed by atoms with Gasteiger partial charge in [0.05, 0.1) is 17.8 Å². The summed E-state index contributed by atoms with van der Waals surface area (Å²) in [5, 5.41) is 1.43. The van der Waals surface area contributed by atoms with Crippen LogP contribution in [0.2, 0.25) is 0 Å². The molecule has 0 unspecified atom stereocenters. The van der Waals surface area contributed by atoms with Crippen molar-refractivity contribution >= 4 is 13.2 Å². The lowest BCUT2D eigenvalue weighted by atomic mass is 10.2. The number of rotatable bonds is 2. The van der Waals surface area contributed by atoms with Gasteiger partial charge in [0.15, 0.2) is 0 Å². The van der Waals surface area contributed by atoms with E-state index in [2.05, 4.69) is 23.1 Å². The molecule has 1 heterocycles. The second-order valence-electron chi connectivity index (χ2n) is 3.24. The lowest BCUT2D eigenvalue weighted by Gasteiger charge is -2.00. The van der Waals surface area contributed by atoms with Crippen molar-refractivity contribution in [3.05, 3.63) is 35.0 Å². The fourth-order valence-corrected chi connectivity index (χ4v) is 1.33. The van der Waals surface area contributed by atoms with Crippen LogP contribution in [0.4, 0.5) is 0 Å². The van der Waals surface area contributed by atoms with Crippen molar-refractivity contribution in [3.8, 4) is 17.1 Å². The third kappa shape index (κ3) is 1.76. The van der Waals surface area contributed by atoms with Crippen molar-refractivity contribution in [1.29, 1.82) is 0 Å². The molecule has 2 aromatic rings. The third-order valence-electron chi connectivity index (χ3n) is 2.23. The molecular formula is C12H12N2O. The molecule has 0 aliphatic rings. The van der Waals surface area contributed by atoms with E-state index in [-0.39, 0.29) is 0 Å². The number of H-pyrrole nitrogens is 1. The molecule has 15 heavy (non-hydrogen) atoms. The lowest BCUT2D eigenvalue weighted by molar-refractivity contribution is 0.415. The van der Waals surface area contributed by atoms with Gasteiger partial charge in [0.25, 0.3) is 0 Å². The Morgan fingerprint density at radius 3 is 2.33 bits per heavy atom. The maximum absolute atomic E-state index is 5.08. The van der Waals surface area contributed by atoms with Gasteiger partial charge >= 0.3 is 0 Å². The van der Waals surface area contributed by atoms with Crippen LogP contribution in [0, 0.1) is 0 Å². The van der Waals surface area contributed by atoms with Crippen LogP contribution in [0.25, 0.3) is 24.5 Å².